The molecule has 7 heteroatoms. The van der Waals surface area contributed by atoms with Crippen LogP contribution >= 0.6 is 0 Å². The summed E-state index contributed by atoms with van der Waals surface area (Å²) < 4.78 is 5.79. The monoisotopic (exact) mass is 416 g/mol. The highest BCUT2D eigenvalue weighted by molar-refractivity contribution is 6.25. The van der Waals surface area contributed by atoms with Gasteiger partial charge in [-0.2, -0.15) is 0 Å². The highest BCUT2D eigenvalue weighted by atomic mass is 16.6. The molecule has 3 rings (SSSR count). The fraction of sp³-hybridized carbons (Fsp3) is 0.0833. The van der Waals surface area contributed by atoms with E-state index in [1.54, 1.807) is 24.3 Å². The number of carbonyl (C=O) groups excluding carboxylic acids is 2. The van der Waals surface area contributed by atoms with E-state index in [9.17, 15) is 19.7 Å². The smallest absolute Gasteiger partial charge is 0.269 e. The number of hydrogen-bond acceptors (Lipinski definition) is 5. The van der Waals surface area contributed by atoms with Crippen LogP contribution in [0.2, 0.25) is 0 Å². The summed E-state index contributed by atoms with van der Waals surface area (Å²) in [6.07, 6.45) is 1.48. The van der Waals surface area contributed by atoms with Gasteiger partial charge in [0.05, 0.1) is 10.5 Å². The van der Waals surface area contributed by atoms with Crippen molar-refractivity contribution in [3.8, 4) is 5.75 Å². The molecule has 0 spiro atoms. The second-order valence-electron chi connectivity index (χ2n) is 6.72. The fourth-order valence-corrected chi connectivity index (χ4v) is 2.79. The van der Waals surface area contributed by atoms with Crippen LogP contribution in [0.25, 0.3) is 6.08 Å². The van der Waals surface area contributed by atoms with Crippen LogP contribution < -0.4 is 10.1 Å². The van der Waals surface area contributed by atoms with Crippen molar-refractivity contribution in [2.75, 3.05) is 5.32 Å². The quantitative estimate of drug-likeness (QED) is 0.187. The lowest BCUT2D eigenvalue weighted by molar-refractivity contribution is -0.384. The van der Waals surface area contributed by atoms with Crippen molar-refractivity contribution in [2.45, 2.75) is 13.5 Å². The van der Waals surface area contributed by atoms with E-state index in [1.165, 1.54) is 37.3 Å². The van der Waals surface area contributed by atoms with Crippen molar-refractivity contribution >= 4 is 29.1 Å². The summed E-state index contributed by atoms with van der Waals surface area (Å²) in [5.74, 6) is -0.400. The van der Waals surface area contributed by atoms with Gasteiger partial charge < -0.3 is 10.1 Å². The lowest BCUT2D eigenvalue weighted by Gasteiger charge is -2.09. The van der Waals surface area contributed by atoms with Gasteiger partial charge in [0.25, 0.3) is 11.6 Å². The van der Waals surface area contributed by atoms with Crippen LogP contribution in [0.1, 0.15) is 18.1 Å². The molecule has 0 aliphatic heterocycles. The van der Waals surface area contributed by atoms with Gasteiger partial charge >= 0.3 is 0 Å². The van der Waals surface area contributed by atoms with Crippen LogP contribution in [0.3, 0.4) is 0 Å². The number of non-ortho nitro benzene ring substituents is 1. The van der Waals surface area contributed by atoms with Gasteiger partial charge in [-0.05, 0) is 48.4 Å². The minimum atomic E-state index is -0.600. The Morgan fingerprint density at radius 1 is 1.00 bits per heavy atom. The van der Waals surface area contributed by atoms with E-state index in [1.807, 2.05) is 30.3 Å². The molecule has 0 bridgehead atoms. The number of nitro groups is 1. The molecule has 0 aliphatic rings. The summed E-state index contributed by atoms with van der Waals surface area (Å²) >= 11 is 0. The number of rotatable bonds is 8. The number of ether oxygens (including phenoxy) is 1. The summed E-state index contributed by atoms with van der Waals surface area (Å²) in [5, 5.41) is 13.3. The normalized spacial score (nSPS) is 10.9. The number of ketones is 1. The number of nitrogens with one attached hydrogen (secondary N) is 1. The summed E-state index contributed by atoms with van der Waals surface area (Å²) in [7, 11) is 0. The first-order valence-corrected chi connectivity index (χ1v) is 9.47. The Balaban J connectivity index is 1.74. The molecule has 0 saturated carbocycles. The molecule has 31 heavy (non-hydrogen) atoms. The number of amides is 1. The van der Waals surface area contributed by atoms with Gasteiger partial charge in [0.2, 0.25) is 0 Å². The number of nitrogens with zero attached hydrogens (tertiary/aromatic N) is 1. The van der Waals surface area contributed by atoms with Gasteiger partial charge in [-0.3, -0.25) is 19.7 Å². The first-order chi connectivity index (χ1) is 14.9. The number of nitro benzene ring substituents is 1. The summed E-state index contributed by atoms with van der Waals surface area (Å²) in [6, 6.07) is 22.2. The number of anilines is 1. The minimum absolute atomic E-state index is 0.0430. The van der Waals surface area contributed by atoms with E-state index in [0.29, 0.717) is 23.6 Å². The molecule has 0 fully saturated rings. The van der Waals surface area contributed by atoms with Crippen LogP contribution in [-0.2, 0) is 16.2 Å². The zero-order valence-corrected chi connectivity index (χ0v) is 16.8. The van der Waals surface area contributed by atoms with Gasteiger partial charge in [-0.25, -0.2) is 0 Å². The number of benzene rings is 3. The maximum absolute atomic E-state index is 12.6. The van der Waals surface area contributed by atoms with E-state index in [-0.39, 0.29) is 11.3 Å². The maximum Gasteiger partial charge on any atom is 0.269 e. The summed E-state index contributed by atoms with van der Waals surface area (Å²) in [5.41, 5.74) is 1.87. The Morgan fingerprint density at radius 2 is 1.71 bits per heavy atom. The van der Waals surface area contributed by atoms with Crippen LogP contribution in [0.4, 0.5) is 11.4 Å². The van der Waals surface area contributed by atoms with Gasteiger partial charge in [-0.1, -0.05) is 42.5 Å². The summed E-state index contributed by atoms with van der Waals surface area (Å²) in [4.78, 5) is 34.9. The van der Waals surface area contributed by atoms with E-state index >= 15 is 0 Å². The molecule has 3 aromatic carbocycles. The predicted molar refractivity (Wildman–Crippen MR) is 118 cm³/mol. The summed E-state index contributed by atoms with van der Waals surface area (Å²) in [6.45, 7) is 1.70. The minimum Gasteiger partial charge on any atom is -0.489 e. The van der Waals surface area contributed by atoms with E-state index in [4.69, 9.17) is 4.74 Å². The molecule has 156 valence electrons. The van der Waals surface area contributed by atoms with Gasteiger partial charge in [0.1, 0.15) is 12.4 Å². The molecule has 0 aromatic heterocycles. The van der Waals surface area contributed by atoms with Crippen molar-refractivity contribution in [1.29, 1.82) is 0 Å². The molecule has 1 amide bonds. The molecule has 0 aliphatic carbocycles. The van der Waals surface area contributed by atoms with E-state index in [2.05, 4.69) is 5.32 Å². The van der Waals surface area contributed by atoms with Crippen molar-refractivity contribution < 1.29 is 19.2 Å². The third kappa shape index (κ3) is 6.11. The van der Waals surface area contributed by atoms with Crippen molar-refractivity contribution in [2.24, 2.45) is 0 Å². The number of Topliss-reactive ketones (excluding diaryl/α,β-unsaturated/α-hetero) is 1. The molecule has 7 nitrogen and oxygen atoms in total. The molecule has 0 radical (unpaired) electrons. The first kappa shape index (κ1) is 21.4. The van der Waals surface area contributed by atoms with Crippen LogP contribution in [0.5, 0.6) is 5.75 Å². The van der Waals surface area contributed by atoms with Crippen molar-refractivity contribution in [1.82, 2.24) is 0 Å². The highest BCUT2D eigenvalue weighted by Gasteiger charge is 2.15. The highest BCUT2D eigenvalue weighted by Crippen LogP contribution is 2.20. The van der Waals surface area contributed by atoms with Crippen molar-refractivity contribution in [3.63, 3.8) is 0 Å². The lowest BCUT2D eigenvalue weighted by Crippen LogP contribution is -2.18. The zero-order chi connectivity index (χ0) is 22.2. The Labute approximate surface area is 179 Å². The maximum atomic E-state index is 12.6. The zero-order valence-electron chi connectivity index (χ0n) is 16.8. The molecule has 0 unspecified atom stereocenters. The molecular formula is C24H20N2O5. The molecule has 0 atom stereocenters. The lowest BCUT2D eigenvalue weighted by atomic mass is 10.1. The Hall–Kier alpha value is -4.26. The van der Waals surface area contributed by atoms with Gasteiger partial charge in [-0.15, -0.1) is 0 Å². The predicted octanol–water partition coefficient (Wildman–Crippen LogP) is 4.78. The third-order valence-electron chi connectivity index (χ3n) is 4.38. The second kappa shape index (κ2) is 9.98. The molecule has 0 heterocycles. The van der Waals surface area contributed by atoms with Crippen LogP contribution in [-0.4, -0.2) is 16.6 Å². The van der Waals surface area contributed by atoms with E-state index < -0.39 is 16.6 Å². The average molecular weight is 416 g/mol. The standard InChI is InChI=1S/C24H20N2O5/c1-17(27)23(24(28)25-20-10-12-21(13-11-20)26(29)30)15-19-8-5-9-22(14-19)31-16-18-6-3-2-4-7-18/h2-15H,16H2,1H3,(H,25,28)/b23-15+. The fourth-order valence-electron chi connectivity index (χ4n) is 2.79. The Bertz CT molecular complexity index is 1120. The van der Waals surface area contributed by atoms with Gasteiger partial charge in [0, 0.05) is 17.8 Å². The van der Waals surface area contributed by atoms with Crippen LogP contribution in [0, 0.1) is 10.1 Å². The molecule has 1 N–H and O–H groups in total. The SMILES string of the molecule is CC(=O)/C(=C\c1cccc(OCc2ccccc2)c1)C(=O)Nc1ccc([N+](=O)[O-])cc1. The Morgan fingerprint density at radius 3 is 2.35 bits per heavy atom. The number of carbonyl (C=O) groups is 2. The first-order valence-electron chi connectivity index (χ1n) is 9.47. The van der Waals surface area contributed by atoms with Crippen molar-refractivity contribution in [3.05, 3.63) is 106 Å². The van der Waals surface area contributed by atoms with E-state index in [0.717, 1.165) is 5.56 Å². The third-order valence-corrected chi connectivity index (χ3v) is 4.38. The largest absolute Gasteiger partial charge is 0.489 e. The molecule has 0 saturated heterocycles. The average Bonchev–Trinajstić information content (AvgIpc) is 2.77. The molecular weight excluding hydrogens is 396 g/mol. The Kier molecular flexibility index (Phi) is 6.90. The van der Waals surface area contributed by atoms with Crippen LogP contribution in [0.15, 0.2) is 84.4 Å². The number of hydrogen-bond donors (Lipinski definition) is 1. The molecule has 3 aromatic rings. The second-order valence-corrected chi connectivity index (χ2v) is 6.72. The van der Waals surface area contributed by atoms with Gasteiger partial charge in [0.15, 0.2) is 5.78 Å². The topological polar surface area (TPSA) is 98.5 Å².